The van der Waals surface area contributed by atoms with Gasteiger partial charge in [-0.2, -0.15) is 0 Å². The summed E-state index contributed by atoms with van der Waals surface area (Å²) in [7, 11) is 0. The summed E-state index contributed by atoms with van der Waals surface area (Å²) < 4.78 is 0. The van der Waals surface area contributed by atoms with Gasteiger partial charge in [-0.3, -0.25) is 10.4 Å². The first-order chi connectivity index (χ1) is 11.7. The van der Waals surface area contributed by atoms with Gasteiger partial charge in [0.25, 0.3) is 0 Å². The normalized spacial score (nSPS) is 16.7. The van der Waals surface area contributed by atoms with Crippen LogP contribution in [-0.2, 0) is 12.8 Å². The minimum Gasteiger partial charge on any atom is -0.301 e. The van der Waals surface area contributed by atoms with Crippen LogP contribution in [0.4, 0.5) is 11.4 Å². The van der Waals surface area contributed by atoms with Crippen molar-refractivity contribution in [3.05, 3.63) is 64.8 Å². The highest BCUT2D eigenvalue weighted by molar-refractivity contribution is 6.31. The molecular formula is C20H20ClN3. The highest BCUT2D eigenvalue weighted by Crippen LogP contribution is 2.35. The molecule has 1 aromatic heterocycles. The average molecular weight is 338 g/mol. The smallest absolute Gasteiger partial charge is 0.0741 e. The average Bonchev–Trinajstić information content (AvgIpc) is 2.60. The summed E-state index contributed by atoms with van der Waals surface area (Å²) in [6.07, 6.45) is 3.27. The Balaban J connectivity index is 1.80. The third-order valence-electron chi connectivity index (χ3n) is 4.67. The number of para-hydroxylation sites is 1. The molecule has 3 aromatic rings. The van der Waals surface area contributed by atoms with Gasteiger partial charge in [0.2, 0.25) is 0 Å². The van der Waals surface area contributed by atoms with Crippen LogP contribution in [0.3, 0.4) is 0 Å². The lowest BCUT2D eigenvalue weighted by molar-refractivity contribution is 0.496. The molecule has 2 N–H and O–H groups in total. The number of aromatic nitrogens is 1. The first kappa shape index (κ1) is 15.3. The Kier molecular flexibility index (Phi) is 4.03. The lowest BCUT2D eigenvalue weighted by atomic mass is 9.86. The van der Waals surface area contributed by atoms with Crippen LogP contribution in [0.1, 0.15) is 24.6 Å². The molecule has 1 aliphatic carbocycles. The number of aryl methyl sites for hydroxylation is 1. The van der Waals surface area contributed by atoms with Gasteiger partial charge in [-0.25, -0.2) is 0 Å². The topological polar surface area (TPSA) is 37.0 Å². The van der Waals surface area contributed by atoms with Crippen molar-refractivity contribution in [2.45, 2.75) is 26.2 Å². The molecule has 122 valence electrons. The lowest BCUT2D eigenvalue weighted by Gasteiger charge is -2.25. The second-order valence-corrected chi connectivity index (χ2v) is 6.97. The molecule has 4 heteroatoms. The molecule has 3 nitrogen and oxygen atoms in total. The Bertz CT molecular complexity index is 877. The zero-order valence-electron chi connectivity index (χ0n) is 13.6. The molecule has 2 aromatic carbocycles. The zero-order chi connectivity index (χ0) is 16.5. The maximum atomic E-state index is 6.17. The Morgan fingerprint density at radius 1 is 1.08 bits per heavy atom. The van der Waals surface area contributed by atoms with E-state index in [-0.39, 0.29) is 0 Å². The summed E-state index contributed by atoms with van der Waals surface area (Å²) in [6.45, 7) is 2.31. The van der Waals surface area contributed by atoms with Crippen molar-refractivity contribution in [1.82, 2.24) is 4.98 Å². The first-order valence-corrected chi connectivity index (χ1v) is 8.76. The van der Waals surface area contributed by atoms with Crippen molar-refractivity contribution in [3.8, 4) is 0 Å². The molecule has 1 heterocycles. The number of pyridine rings is 1. The molecule has 0 radical (unpaired) electrons. The van der Waals surface area contributed by atoms with Crippen LogP contribution < -0.4 is 10.9 Å². The number of nitrogens with one attached hydrogen (secondary N) is 2. The second-order valence-electron chi connectivity index (χ2n) is 6.54. The summed E-state index contributed by atoms with van der Waals surface area (Å²) in [5.41, 5.74) is 12.4. The van der Waals surface area contributed by atoms with E-state index in [4.69, 9.17) is 16.6 Å². The Labute approximate surface area is 147 Å². The number of hydrogen-bond acceptors (Lipinski definition) is 3. The van der Waals surface area contributed by atoms with Gasteiger partial charge in [-0.15, -0.1) is 0 Å². The van der Waals surface area contributed by atoms with E-state index in [9.17, 15) is 0 Å². The highest BCUT2D eigenvalue weighted by Gasteiger charge is 2.22. The summed E-state index contributed by atoms with van der Waals surface area (Å²) >= 11 is 6.17. The fourth-order valence-corrected chi connectivity index (χ4v) is 3.55. The number of fused-ring (bicyclic) bond motifs is 2. The number of hydrazine groups is 1. The number of anilines is 2. The van der Waals surface area contributed by atoms with E-state index < -0.39 is 0 Å². The molecule has 0 amide bonds. The van der Waals surface area contributed by atoms with Crippen molar-refractivity contribution >= 4 is 33.9 Å². The standard InChI is InChI=1S/C20H20ClN3/c1-13-7-10-18-17(11-13)20(24-23-15-5-3-2-4-6-15)16-9-8-14(21)12-19(16)22-18/h2-6,8-9,12-13,23H,7,10-11H2,1H3,(H,22,24). The van der Waals surface area contributed by atoms with E-state index in [0.717, 1.165) is 40.1 Å². The van der Waals surface area contributed by atoms with E-state index >= 15 is 0 Å². The molecule has 24 heavy (non-hydrogen) atoms. The minimum atomic E-state index is 0.682. The quantitative estimate of drug-likeness (QED) is 0.624. The lowest BCUT2D eigenvalue weighted by Crippen LogP contribution is -2.18. The van der Waals surface area contributed by atoms with Crippen molar-refractivity contribution in [1.29, 1.82) is 0 Å². The molecule has 0 saturated heterocycles. The molecular weight excluding hydrogens is 318 g/mol. The van der Waals surface area contributed by atoms with Crippen LogP contribution in [0.25, 0.3) is 10.9 Å². The number of halogens is 1. The molecule has 0 saturated carbocycles. The van der Waals surface area contributed by atoms with E-state index in [1.54, 1.807) is 0 Å². The maximum absolute atomic E-state index is 6.17. The van der Waals surface area contributed by atoms with Gasteiger partial charge < -0.3 is 5.43 Å². The summed E-state index contributed by atoms with van der Waals surface area (Å²) in [5, 5.41) is 1.83. The van der Waals surface area contributed by atoms with Gasteiger partial charge in [0.1, 0.15) is 0 Å². The maximum Gasteiger partial charge on any atom is 0.0741 e. The fraction of sp³-hybridized carbons (Fsp3) is 0.250. The van der Waals surface area contributed by atoms with Gasteiger partial charge in [0.05, 0.1) is 16.9 Å². The van der Waals surface area contributed by atoms with Crippen LogP contribution in [0.5, 0.6) is 0 Å². The van der Waals surface area contributed by atoms with E-state index in [1.165, 1.54) is 17.7 Å². The van der Waals surface area contributed by atoms with E-state index in [2.05, 4.69) is 23.8 Å². The zero-order valence-corrected chi connectivity index (χ0v) is 14.4. The number of benzene rings is 2. The minimum absolute atomic E-state index is 0.682. The third-order valence-corrected chi connectivity index (χ3v) is 4.90. The highest BCUT2D eigenvalue weighted by atomic mass is 35.5. The molecule has 1 unspecified atom stereocenters. The fourth-order valence-electron chi connectivity index (χ4n) is 3.39. The summed E-state index contributed by atoms with van der Waals surface area (Å²) in [6, 6.07) is 16.1. The SMILES string of the molecule is CC1CCc2nc3cc(Cl)ccc3c(NNc3ccccc3)c2C1. The Hall–Kier alpha value is -2.26. The van der Waals surface area contributed by atoms with Gasteiger partial charge in [0, 0.05) is 16.1 Å². The molecule has 0 fully saturated rings. The van der Waals surface area contributed by atoms with Gasteiger partial charge in [-0.05, 0) is 61.1 Å². The number of hydrogen-bond donors (Lipinski definition) is 2. The second kappa shape index (κ2) is 6.33. The van der Waals surface area contributed by atoms with Gasteiger partial charge >= 0.3 is 0 Å². The molecule has 1 aliphatic rings. The molecule has 1 atom stereocenters. The third kappa shape index (κ3) is 2.92. The number of nitrogens with zero attached hydrogens (tertiary/aromatic N) is 1. The van der Waals surface area contributed by atoms with Crippen LogP contribution in [0.15, 0.2) is 48.5 Å². The molecule has 0 spiro atoms. The largest absolute Gasteiger partial charge is 0.301 e. The van der Waals surface area contributed by atoms with E-state index in [0.29, 0.717) is 5.92 Å². The molecule has 0 bridgehead atoms. The summed E-state index contributed by atoms with van der Waals surface area (Å²) in [4.78, 5) is 4.87. The predicted molar refractivity (Wildman–Crippen MR) is 102 cm³/mol. The van der Waals surface area contributed by atoms with Crippen molar-refractivity contribution in [2.75, 3.05) is 10.9 Å². The monoisotopic (exact) mass is 337 g/mol. The summed E-state index contributed by atoms with van der Waals surface area (Å²) in [5.74, 6) is 0.682. The van der Waals surface area contributed by atoms with Crippen LogP contribution in [0, 0.1) is 5.92 Å². The van der Waals surface area contributed by atoms with Crippen LogP contribution >= 0.6 is 11.6 Å². The molecule has 0 aliphatic heterocycles. The van der Waals surface area contributed by atoms with Crippen molar-refractivity contribution in [3.63, 3.8) is 0 Å². The van der Waals surface area contributed by atoms with Crippen LogP contribution in [-0.4, -0.2) is 4.98 Å². The molecule has 4 rings (SSSR count). The van der Waals surface area contributed by atoms with Gasteiger partial charge in [0.15, 0.2) is 0 Å². The Morgan fingerprint density at radius 2 is 1.92 bits per heavy atom. The van der Waals surface area contributed by atoms with Gasteiger partial charge in [-0.1, -0.05) is 36.7 Å². The first-order valence-electron chi connectivity index (χ1n) is 8.39. The Morgan fingerprint density at radius 3 is 2.75 bits per heavy atom. The van der Waals surface area contributed by atoms with Crippen molar-refractivity contribution in [2.24, 2.45) is 5.92 Å². The predicted octanol–water partition coefficient (Wildman–Crippen LogP) is 5.45. The number of rotatable bonds is 3. The van der Waals surface area contributed by atoms with E-state index in [1.807, 2.05) is 42.5 Å². The van der Waals surface area contributed by atoms with Crippen molar-refractivity contribution < 1.29 is 0 Å². The van der Waals surface area contributed by atoms with Crippen LogP contribution in [0.2, 0.25) is 5.02 Å².